The molecule has 0 saturated heterocycles. The molecule has 1 aromatic heterocycles. The first-order chi connectivity index (χ1) is 9.91. The fourth-order valence-electron chi connectivity index (χ4n) is 3.66. The predicted octanol–water partition coefficient (Wildman–Crippen LogP) is 4.63. The Labute approximate surface area is 134 Å². The van der Waals surface area contributed by atoms with Crippen molar-refractivity contribution in [3.05, 3.63) is 38.1 Å². The molecule has 21 heavy (non-hydrogen) atoms. The van der Waals surface area contributed by atoms with Crippen molar-refractivity contribution in [1.82, 2.24) is 0 Å². The van der Waals surface area contributed by atoms with Crippen LogP contribution in [0.3, 0.4) is 0 Å². The number of aliphatic hydroxyl groups excluding tert-OH is 1. The van der Waals surface area contributed by atoms with E-state index in [1.165, 1.54) is 11.3 Å². The number of ketones is 1. The summed E-state index contributed by atoms with van der Waals surface area (Å²) in [6, 6.07) is 1.88. The van der Waals surface area contributed by atoms with Crippen LogP contribution >= 0.6 is 22.9 Å². The normalized spacial score (nSPS) is 31.7. The molecule has 0 radical (unpaired) electrons. The van der Waals surface area contributed by atoms with Gasteiger partial charge in [-0.15, -0.1) is 11.3 Å². The van der Waals surface area contributed by atoms with Crippen LogP contribution in [-0.4, -0.2) is 17.0 Å². The van der Waals surface area contributed by atoms with E-state index in [-0.39, 0.29) is 17.3 Å². The Balaban J connectivity index is 2.04. The van der Waals surface area contributed by atoms with Gasteiger partial charge in [0.25, 0.3) is 0 Å². The Hall–Kier alpha value is -0.900. The van der Waals surface area contributed by atoms with Gasteiger partial charge in [0.15, 0.2) is 5.78 Å². The lowest BCUT2D eigenvalue weighted by molar-refractivity contribution is -0.113. The van der Waals surface area contributed by atoms with E-state index in [4.69, 9.17) is 11.6 Å². The highest BCUT2D eigenvalue weighted by Crippen LogP contribution is 2.50. The van der Waals surface area contributed by atoms with Gasteiger partial charge in [-0.2, -0.15) is 0 Å². The Bertz CT molecular complexity index is 656. The first-order valence-corrected chi connectivity index (χ1v) is 8.55. The van der Waals surface area contributed by atoms with Crippen molar-refractivity contribution in [1.29, 1.82) is 0 Å². The van der Waals surface area contributed by atoms with Crippen LogP contribution in [0.1, 0.15) is 44.4 Å². The number of allylic oxidation sites excluding steroid dienone is 2. The molecule has 2 nitrogen and oxygen atoms in total. The second-order valence-corrected chi connectivity index (χ2v) is 7.65. The molecule has 1 heterocycles. The number of hydrogen-bond donors (Lipinski definition) is 1. The van der Waals surface area contributed by atoms with Gasteiger partial charge in [-0.25, -0.2) is 0 Å². The molecule has 4 heteroatoms. The Morgan fingerprint density at radius 1 is 1.52 bits per heavy atom. The number of carbonyl (C=O) groups is 1. The van der Waals surface area contributed by atoms with Gasteiger partial charge in [0, 0.05) is 21.2 Å². The van der Waals surface area contributed by atoms with Crippen LogP contribution < -0.4 is 0 Å². The highest BCUT2D eigenvalue weighted by Gasteiger charge is 2.45. The number of hydrogen-bond acceptors (Lipinski definition) is 3. The summed E-state index contributed by atoms with van der Waals surface area (Å²) >= 11 is 7.49. The Morgan fingerprint density at radius 3 is 2.95 bits per heavy atom. The fourth-order valence-corrected chi connectivity index (χ4v) is 4.70. The highest BCUT2D eigenvalue weighted by molar-refractivity contribution is 7.11. The zero-order valence-corrected chi connectivity index (χ0v) is 13.9. The minimum atomic E-state index is -0.361. The van der Waals surface area contributed by atoms with Crippen LogP contribution in [0.4, 0.5) is 0 Å². The maximum Gasteiger partial charge on any atom is 0.184 e. The van der Waals surface area contributed by atoms with E-state index in [0.717, 1.165) is 40.9 Å². The molecule has 2 aliphatic carbocycles. The average Bonchev–Trinajstić information content (AvgIpc) is 2.84. The smallest absolute Gasteiger partial charge is 0.184 e. The summed E-state index contributed by atoms with van der Waals surface area (Å²) < 4.78 is 0. The number of carbonyl (C=O) groups excluding carboxylic acids is 1. The van der Waals surface area contributed by atoms with E-state index >= 15 is 0 Å². The van der Waals surface area contributed by atoms with E-state index in [1.807, 2.05) is 24.4 Å². The summed E-state index contributed by atoms with van der Waals surface area (Å²) in [5, 5.41) is 13.0. The minimum absolute atomic E-state index is 0.126. The largest absolute Gasteiger partial charge is 0.392 e. The van der Waals surface area contributed by atoms with Crippen LogP contribution in [0.15, 0.2) is 28.2 Å². The number of aliphatic hydroxyl groups is 1. The summed E-state index contributed by atoms with van der Waals surface area (Å²) in [6.07, 6.45) is 4.92. The van der Waals surface area contributed by atoms with E-state index in [2.05, 4.69) is 6.92 Å². The molecule has 0 bridgehead atoms. The zero-order valence-electron chi connectivity index (χ0n) is 12.3. The quantitative estimate of drug-likeness (QED) is 0.766. The molecule has 1 fully saturated rings. The van der Waals surface area contributed by atoms with Gasteiger partial charge in [0.05, 0.1) is 11.1 Å². The molecule has 1 N–H and O–H groups in total. The first-order valence-electron chi connectivity index (χ1n) is 7.29. The van der Waals surface area contributed by atoms with E-state index in [0.29, 0.717) is 11.4 Å². The van der Waals surface area contributed by atoms with Gasteiger partial charge >= 0.3 is 0 Å². The Kier molecular flexibility index (Phi) is 3.85. The van der Waals surface area contributed by atoms with Crippen LogP contribution in [0.25, 0.3) is 6.08 Å². The van der Waals surface area contributed by atoms with Crippen LogP contribution in [0, 0.1) is 5.41 Å². The topological polar surface area (TPSA) is 37.3 Å². The van der Waals surface area contributed by atoms with Crippen molar-refractivity contribution in [2.45, 2.75) is 45.6 Å². The SMILES string of the molecule is CC1=C2CCC[C@H](O)[C@@]2(C)C/C(=C\c2cc(Cl)cs2)C1=O. The van der Waals surface area contributed by atoms with Gasteiger partial charge in [0.2, 0.25) is 0 Å². The zero-order chi connectivity index (χ0) is 15.2. The lowest BCUT2D eigenvalue weighted by Crippen LogP contribution is -2.42. The van der Waals surface area contributed by atoms with E-state index in [9.17, 15) is 9.90 Å². The van der Waals surface area contributed by atoms with E-state index < -0.39 is 0 Å². The second-order valence-electron chi connectivity index (χ2n) is 6.27. The molecule has 2 aliphatic rings. The predicted molar refractivity (Wildman–Crippen MR) is 87.6 cm³/mol. The summed E-state index contributed by atoms with van der Waals surface area (Å²) in [4.78, 5) is 13.6. The lowest BCUT2D eigenvalue weighted by atomic mass is 9.61. The summed E-state index contributed by atoms with van der Waals surface area (Å²) in [6.45, 7) is 4.00. The molecule has 0 amide bonds. The number of thiophene rings is 1. The number of Topliss-reactive ketones (excluding diaryl/α,β-unsaturated/α-hetero) is 1. The average molecular weight is 323 g/mol. The summed E-state index contributed by atoms with van der Waals surface area (Å²) in [7, 11) is 0. The molecule has 1 aromatic rings. The van der Waals surface area contributed by atoms with Crippen molar-refractivity contribution in [3.63, 3.8) is 0 Å². The third-order valence-electron chi connectivity index (χ3n) is 4.88. The second kappa shape index (κ2) is 5.38. The number of halogens is 1. The van der Waals surface area contributed by atoms with Crippen molar-refractivity contribution in [3.8, 4) is 0 Å². The van der Waals surface area contributed by atoms with Crippen LogP contribution in [-0.2, 0) is 4.79 Å². The minimum Gasteiger partial charge on any atom is -0.392 e. The highest BCUT2D eigenvalue weighted by atomic mass is 35.5. The van der Waals surface area contributed by atoms with Crippen molar-refractivity contribution in [2.75, 3.05) is 0 Å². The molecule has 1 saturated carbocycles. The first kappa shape index (κ1) is 15.0. The molecule has 0 spiro atoms. The number of fused-ring (bicyclic) bond motifs is 1. The molecule has 3 rings (SSSR count). The molecular formula is C17H19ClO2S. The molecule has 112 valence electrons. The molecular weight excluding hydrogens is 304 g/mol. The molecule has 0 unspecified atom stereocenters. The third-order valence-corrected chi connectivity index (χ3v) is 6.10. The van der Waals surface area contributed by atoms with Gasteiger partial charge in [0.1, 0.15) is 0 Å². The molecule has 0 aromatic carbocycles. The van der Waals surface area contributed by atoms with Crippen molar-refractivity contribution >= 4 is 34.8 Å². The van der Waals surface area contributed by atoms with Gasteiger partial charge in [-0.1, -0.05) is 24.1 Å². The van der Waals surface area contributed by atoms with Crippen LogP contribution in [0.5, 0.6) is 0 Å². The maximum atomic E-state index is 12.6. The van der Waals surface area contributed by atoms with E-state index in [1.54, 1.807) is 0 Å². The lowest BCUT2D eigenvalue weighted by Gasteiger charge is -2.45. The third kappa shape index (κ3) is 2.52. The fraction of sp³-hybridized carbons (Fsp3) is 0.471. The van der Waals surface area contributed by atoms with Gasteiger partial charge in [-0.3, -0.25) is 4.79 Å². The monoisotopic (exact) mass is 322 g/mol. The summed E-state index contributed by atoms with van der Waals surface area (Å²) in [5.41, 5.74) is 2.49. The Morgan fingerprint density at radius 2 is 2.29 bits per heavy atom. The standard InChI is InChI=1S/C17H19ClO2S/c1-10-14-4-3-5-15(19)17(14,2)8-11(16(10)20)6-13-7-12(18)9-21-13/h6-7,9,15,19H,3-5,8H2,1-2H3/b11-6+/t15-,17-/m0/s1. The van der Waals surface area contributed by atoms with Crippen molar-refractivity contribution in [2.24, 2.45) is 5.41 Å². The van der Waals surface area contributed by atoms with Gasteiger partial charge in [-0.05, 0) is 50.3 Å². The van der Waals surface area contributed by atoms with Crippen LogP contribution in [0.2, 0.25) is 5.02 Å². The van der Waals surface area contributed by atoms with Crippen molar-refractivity contribution < 1.29 is 9.90 Å². The van der Waals surface area contributed by atoms with Gasteiger partial charge < -0.3 is 5.11 Å². The number of rotatable bonds is 1. The molecule has 0 aliphatic heterocycles. The summed E-state index contributed by atoms with van der Waals surface area (Å²) in [5.74, 6) is 0.126. The maximum absolute atomic E-state index is 12.6. The molecule has 2 atom stereocenters.